The minimum atomic E-state index is -5.12. The molecule has 0 bridgehead atoms. The predicted molar refractivity (Wildman–Crippen MR) is 181 cm³/mol. The van der Waals surface area contributed by atoms with E-state index >= 15 is 0 Å². The van der Waals surface area contributed by atoms with Gasteiger partial charge >= 0.3 is 17.7 Å². The van der Waals surface area contributed by atoms with E-state index in [4.69, 9.17) is 32.7 Å². The lowest BCUT2D eigenvalue weighted by atomic mass is 9.64. The number of nitrogens with zero attached hydrogens (tertiary/aromatic N) is 6. The van der Waals surface area contributed by atoms with Crippen molar-refractivity contribution in [3.8, 4) is 23.0 Å². The molecular weight excluding hydrogens is 752 g/mol. The van der Waals surface area contributed by atoms with Gasteiger partial charge < -0.3 is 23.9 Å². The summed E-state index contributed by atoms with van der Waals surface area (Å²) in [5.41, 5.74) is -1.50. The Labute approximate surface area is 305 Å². The molecule has 7 rings (SSSR count). The number of hydrogen-bond donors (Lipinski definition) is 1. The van der Waals surface area contributed by atoms with Crippen molar-refractivity contribution in [1.29, 1.82) is 0 Å². The van der Waals surface area contributed by atoms with Crippen LogP contribution in [0.15, 0.2) is 56.4 Å². The van der Waals surface area contributed by atoms with Crippen LogP contribution in [0.3, 0.4) is 0 Å². The van der Waals surface area contributed by atoms with E-state index in [9.17, 15) is 42.3 Å². The van der Waals surface area contributed by atoms with Crippen LogP contribution in [0.25, 0.3) is 11.0 Å². The molecule has 2 aromatic carbocycles. The molecular formula is C33H29Cl2F3N6O9. The second kappa shape index (κ2) is 12.2. The number of carbonyl (C=O) groups excluding carboxylic acids is 2. The quantitative estimate of drug-likeness (QED) is 0.167. The SMILES string of the molecule is COc1cc2nc(CCn3c(=O)n4n(c3=O)C3CC5(Cl)C(=O)N(C)C(=O)C5(Cl)C(c5cc(OC(F)(F)F)ccc5O)C3=CC4)c(=O)n(C)c2cc1OC. The van der Waals surface area contributed by atoms with Crippen LogP contribution in [-0.2, 0) is 36.1 Å². The van der Waals surface area contributed by atoms with Gasteiger partial charge in [-0.1, -0.05) is 6.08 Å². The van der Waals surface area contributed by atoms with Gasteiger partial charge in [-0.2, -0.15) is 0 Å². The zero-order valence-electron chi connectivity index (χ0n) is 28.2. The van der Waals surface area contributed by atoms with Gasteiger partial charge in [-0.25, -0.2) is 28.5 Å². The molecule has 2 aromatic heterocycles. The molecule has 2 amide bonds. The zero-order valence-corrected chi connectivity index (χ0v) is 29.7. The Morgan fingerprint density at radius 1 is 0.981 bits per heavy atom. The van der Waals surface area contributed by atoms with Gasteiger partial charge in [0.15, 0.2) is 21.2 Å². The first-order valence-electron chi connectivity index (χ1n) is 15.9. The summed E-state index contributed by atoms with van der Waals surface area (Å²) in [5, 5.41) is 11.0. The first-order valence-corrected chi connectivity index (χ1v) is 16.7. The van der Waals surface area contributed by atoms with Crippen LogP contribution >= 0.6 is 23.2 Å². The van der Waals surface area contributed by atoms with Crippen molar-refractivity contribution in [3.63, 3.8) is 0 Å². The van der Waals surface area contributed by atoms with Gasteiger partial charge in [-0.05, 0) is 23.8 Å². The number of aromatic nitrogens is 5. The molecule has 4 atom stereocenters. The highest BCUT2D eigenvalue weighted by Gasteiger charge is 2.75. The Balaban J connectivity index is 1.32. The highest BCUT2D eigenvalue weighted by Crippen LogP contribution is 2.64. The fraction of sp³-hybridized carbons (Fsp3) is 0.394. The molecule has 280 valence electrons. The van der Waals surface area contributed by atoms with E-state index in [0.717, 1.165) is 39.2 Å². The first-order chi connectivity index (χ1) is 24.9. The topological polar surface area (TPSA) is 169 Å². The normalized spacial score (nSPS) is 23.8. The molecule has 3 aliphatic rings. The van der Waals surface area contributed by atoms with Crippen molar-refractivity contribution < 1.29 is 42.1 Å². The third-order valence-corrected chi connectivity index (χ3v) is 11.5. The van der Waals surface area contributed by atoms with Gasteiger partial charge in [0.1, 0.15) is 17.2 Å². The van der Waals surface area contributed by atoms with Crippen molar-refractivity contribution >= 4 is 46.0 Å². The Kier molecular flexibility index (Phi) is 8.29. The third-order valence-electron chi connectivity index (χ3n) is 10.1. The number of imide groups is 1. The Bertz CT molecular complexity index is 2470. The maximum atomic E-state index is 14.1. The lowest BCUT2D eigenvalue weighted by molar-refractivity contribution is -0.274. The number of aryl methyl sites for hydroxylation is 2. The fourth-order valence-corrected chi connectivity index (χ4v) is 8.63. The van der Waals surface area contributed by atoms with Crippen LogP contribution in [0.1, 0.15) is 29.6 Å². The van der Waals surface area contributed by atoms with E-state index in [1.165, 1.54) is 31.9 Å². The lowest BCUT2D eigenvalue weighted by Crippen LogP contribution is -2.59. The number of halogens is 5. The summed E-state index contributed by atoms with van der Waals surface area (Å²) in [4.78, 5) is 69.1. The number of methoxy groups -OCH3 is 2. The summed E-state index contributed by atoms with van der Waals surface area (Å²) in [7, 11) is 5.54. The Morgan fingerprint density at radius 3 is 2.32 bits per heavy atom. The van der Waals surface area contributed by atoms with Crippen molar-refractivity contribution in [2.24, 2.45) is 7.05 Å². The number of allylic oxidation sites excluding steroid dienone is 2. The number of hydrogen-bond acceptors (Lipinski definition) is 10. The van der Waals surface area contributed by atoms with Gasteiger partial charge in [0, 0.05) is 57.1 Å². The summed E-state index contributed by atoms with van der Waals surface area (Å²) in [5.74, 6) is -4.16. The number of alkyl halides is 5. The number of rotatable bonds is 7. The maximum Gasteiger partial charge on any atom is 0.573 e. The third kappa shape index (κ3) is 5.16. The van der Waals surface area contributed by atoms with Crippen LogP contribution in [0.4, 0.5) is 13.2 Å². The molecule has 0 spiro atoms. The molecule has 1 saturated carbocycles. The summed E-state index contributed by atoms with van der Waals surface area (Å²) in [6.45, 7) is -0.582. The van der Waals surface area contributed by atoms with Crippen molar-refractivity contribution in [2.75, 3.05) is 21.3 Å². The summed E-state index contributed by atoms with van der Waals surface area (Å²) < 4.78 is 58.8. The molecule has 2 aliphatic heterocycles. The maximum absolute atomic E-state index is 14.1. The van der Waals surface area contributed by atoms with E-state index in [0.29, 0.717) is 27.4 Å². The number of phenolic OH excluding ortho intramolecular Hbond substituents is 1. The minimum absolute atomic E-state index is 0.0328. The van der Waals surface area contributed by atoms with E-state index < -0.39 is 74.7 Å². The number of aromatic hydroxyl groups is 1. The molecule has 1 saturated heterocycles. The molecule has 4 unspecified atom stereocenters. The van der Waals surface area contributed by atoms with Crippen LogP contribution in [0.2, 0.25) is 0 Å². The number of likely N-dealkylation sites (tertiary alicyclic amines) is 1. The van der Waals surface area contributed by atoms with Crippen molar-refractivity contribution in [2.45, 2.75) is 54.0 Å². The van der Waals surface area contributed by atoms with Crippen molar-refractivity contribution in [1.82, 2.24) is 28.4 Å². The first kappa shape index (κ1) is 36.1. The lowest BCUT2D eigenvalue weighted by Gasteiger charge is -2.49. The molecule has 2 fully saturated rings. The molecule has 4 heterocycles. The Hall–Kier alpha value is -5.23. The van der Waals surface area contributed by atoms with Crippen LogP contribution in [0, 0.1) is 0 Å². The number of carbonyl (C=O) groups is 2. The largest absolute Gasteiger partial charge is 0.573 e. The molecule has 15 nitrogen and oxygen atoms in total. The number of fused-ring (bicyclic) bond motifs is 5. The van der Waals surface area contributed by atoms with E-state index in [1.807, 2.05) is 0 Å². The summed E-state index contributed by atoms with van der Waals surface area (Å²) in [6.07, 6.45) is -4.32. The molecule has 1 N–H and O–H groups in total. The van der Waals surface area contributed by atoms with Gasteiger partial charge in [-0.15, -0.1) is 36.4 Å². The average Bonchev–Trinajstić information content (AvgIpc) is 3.43. The highest BCUT2D eigenvalue weighted by molar-refractivity contribution is 6.53. The zero-order chi connectivity index (χ0) is 38.5. The predicted octanol–water partition coefficient (Wildman–Crippen LogP) is 2.54. The molecule has 4 aromatic rings. The molecule has 1 aliphatic carbocycles. The van der Waals surface area contributed by atoms with Crippen LogP contribution in [-0.4, -0.2) is 82.7 Å². The molecule has 53 heavy (non-hydrogen) atoms. The number of amides is 2. The van der Waals surface area contributed by atoms with Gasteiger partial charge in [0.2, 0.25) is 0 Å². The number of phenols is 1. The summed E-state index contributed by atoms with van der Waals surface area (Å²) in [6, 6.07) is 4.50. The monoisotopic (exact) mass is 780 g/mol. The highest BCUT2D eigenvalue weighted by atomic mass is 35.5. The molecule has 20 heteroatoms. The van der Waals surface area contributed by atoms with E-state index in [-0.39, 0.29) is 36.3 Å². The van der Waals surface area contributed by atoms with E-state index in [2.05, 4.69) is 9.72 Å². The number of ether oxygens (including phenoxy) is 3. The van der Waals surface area contributed by atoms with Crippen molar-refractivity contribution in [3.05, 3.63) is 84.6 Å². The second-order valence-electron chi connectivity index (χ2n) is 12.8. The van der Waals surface area contributed by atoms with Gasteiger partial charge in [0.25, 0.3) is 17.4 Å². The number of benzene rings is 2. The smallest absolute Gasteiger partial charge is 0.508 e. The Morgan fingerprint density at radius 2 is 1.66 bits per heavy atom. The van der Waals surface area contributed by atoms with Gasteiger partial charge in [0.05, 0.1) is 37.8 Å². The fourth-order valence-electron chi connectivity index (χ4n) is 7.64. The minimum Gasteiger partial charge on any atom is -0.508 e. The standard InChI is InChI=1S/C33H29Cl2F3N6O9/c1-40-20-13-24(52-4)23(51-3)12-19(20)39-18(26(40)46)8-9-42-29(49)43-10-7-16-21(44(43)30(42)50)14-31(34)27(47)41(2)28(48)32(31,35)25(16)17-11-15(5-6-22(17)45)53-33(36,37)38/h5-7,11-13,21,25,45H,8-10,14H2,1-4H3. The van der Waals surface area contributed by atoms with Crippen LogP contribution in [0.5, 0.6) is 23.0 Å². The van der Waals surface area contributed by atoms with Gasteiger partial charge in [-0.3, -0.25) is 19.3 Å². The average molecular weight is 782 g/mol. The second-order valence-corrected chi connectivity index (χ2v) is 14.1. The van der Waals surface area contributed by atoms with Crippen LogP contribution < -0.4 is 31.1 Å². The summed E-state index contributed by atoms with van der Waals surface area (Å²) >= 11 is 14.1. The molecule has 0 radical (unpaired) electrons. The van der Waals surface area contributed by atoms with E-state index in [1.54, 1.807) is 12.1 Å².